The fraction of sp³-hybridized carbons (Fsp3) is 0.423. The highest BCUT2D eigenvalue weighted by Gasteiger charge is 2.29. The molecule has 176 valence electrons. The molecule has 1 unspecified atom stereocenters. The molecule has 1 aliphatic rings. The molecule has 1 aliphatic carbocycles. The normalized spacial score (nSPS) is 14.0. The van der Waals surface area contributed by atoms with Crippen LogP contribution in [0.15, 0.2) is 48.5 Å². The number of carboxylic acid groups (broad SMARTS) is 1. The summed E-state index contributed by atoms with van der Waals surface area (Å²) in [6.45, 7) is 4.07. The predicted molar refractivity (Wildman–Crippen MR) is 126 cm³/mol. The molecule has 0 saturated heterocycles. The third-order valence-corrected chi connectivity index (χ3v) is 6.12. The second-order valence-corrected chi connectivity index (χ2v) is 8.41. The van der Waals surface area contributed by atoms with E-state index in [0.717, 1.165) is 28.7 Å². The number of carboxylic acids is 1. The maximum absolute atomic E-state index is 12.5. The number of fused-ring (bicyclic) bond motifs is 3. The average molecular weight is 453 g/mol. The van der Waals surface area contributed by atoms with E-state index in [0.29, 0.717) is 12.8 Å². The summed E-state index contributed by atoms with van der Waals surface area (Å²) in [4.78, 5) is 36.0. The fourth-order valence-corrected chi connectivity index (χ4v) is 4.30. The van der Waals surface area contributed by atoms with E-state index in [1.54, 1.807) is 0 Å². The molecule has 3 rings (SSSR count). The third kappa shape index (κ3) is 6.12. The van der Waals surface area contributed by atoms with E-state index in [2.05, 4.69) is 34.9 Å². The summed E-state index contributed by atoms with van der Waals surface area (Å²) in [5.74, 6) is -1.84. The first-order valence-corrected chi connectivity index (χ1v) is 11.6. The van der Waals surface area contributed by atoms with E-state index in [1.165, 1.54) is 0 Å². The minimum atomic E-state index is -0.916. The smallest absolute Gasteiger partial charge is 0.407 e. The Morgan fingerprint density at radius 2 is 1.61 bits per heavy atom. The molecule has 0 saturated carbocycles. The van der Waals surface area contributed by atoms with Gasteiger partial charge in [0.2, 0.25) is 5.91 Å². The fourth-order valence-electron chi connectivity index (χ4n) is 4.30. The van der Waals surface area contributed by atoms with Crippen molar-refractivity contribution in [2.75, 3.05) is 13.2 Å². The molecule has 2 atom stereocenters. The van der Waals surface area contributed by atoms with Crippen molar-refractivity contribution in [3.8, 4) is 11.1 Å². The van der Waals surface area contributed by atoms with Gasteiger partial charge in [-0.05, 0) is 35.1 Å². The van der Waals surface area contributed by atoms with Crippen LogP contribution >= 0.6 is 0 Å². The van der Waals surface area contributed by atoms with Crippen molar-refractivity contribution in [2.24, 2.45) is 5.92 Å². The quantitative estimate of drug-likeness (QED) is 0.471. The Labute approximate surface area is 194 Å². The van der Waals surface area contributed by atoms with Crippen LogP contribution in [-0.4, -0.2) is 42.3 Å². The van der Waals surface area contributed by atoms with Gasteiger partial charge >= 0.3 is 12.1 Å². The number of rotatable bonds is 11. The largest absolute Gasteiger partial charge is 0.481 e. The Morgan fingerprint density at radius 3 is 2.15 bits per heavy atom. The molecular formula is C26H32N2O5. The van der Waals surface area contributed by atoms with E-state index < -0.39 is 24.0 Å². The van der Waals surface area contributed by atoms with Crippen LogP contribution in [-0.2, 0) is 14.3 Å². The highest BCUT2D eigenvalue weighted by Crippen LogP contribution is 2.44. The molecule has 2 aromatic carbocycles. The van der Waals surface area contributed by atoms with Crippen LogP contribution in [0.3, 0.4) is 0 Å². The van der Waals surface area contributed by atoms with E-state index in [-0.39, 0.29) is 31.4 Å². The molecule has 0 aliphatic heterocycles. The van der Waals surface area contributed by atoms with Crippen LogP contribution in [0.2, 0.25) is 0 Å². The minimum absolute atomic E-state index is 0.0296. The third-order valence-electron chi connectivity index (χ3n) is 6.12. The predicted octanol–water partition coefficient (Wildman–Crippen LogP) is 4.31. The lowest BCUT2D eigenvalue weighted by Gasteiger charge is -2.19. The Hall–Kier alpha value is -3.35. The summed E-state index contributed by atoms with van der Waals surface area (Å²) >= 11 is 0. The molecule has 2 amide bonds. The standard InChI is InChI=1S/C26H32N2O5/c1-3-9-17(25(30)31)15-27-24(29)14-18(4-2)28-26(32)33-16-23-21-12-7-5-10-19(21)20-11-6-8-13-22(20)23/h5-8,10-13,17-18,23H,3-4,9,14-16H2,1-2H3,(H,27,29)(H,28,32)(H,30,31)/t17?,18-/m1/s1. The Bertz CT molecular complexity index is 945. The lowest BCUT2D eigenvalue weighted by atomic mass is 9.98. The lowest BCUT2D eigenvalue weighted by molar-refractivity contribution is -0.141. The Balaban J connectivity index is 1.51. The van der Waals surface area contributed by atoms with Crippen molar-refractivity contribution in [2.45, 2.75) is 51.5 Å². The summed E-state index contributed by atoms with van der Waals surface area (Å²) in [6, 6.07) is 15.9. The molecule has 0 aromatic heterocycles. The summed E-state index contributed by atoms with van der Waals surface area (Å²) < 4.78 is 5.56. The molecule has 0 fully saturated rings. The first-order chi connectivity index (χ1) is 15.9. The number of ether oxygens (including phenoxy) is 1. The van der Waals surface area contributed by atoms with Gasteiger partial charge in [-0.2, -0.15) is 0 Å². The van der Waals surface area contributed by atoms with Crippen LogP contribution in [0.5, 0.6) is 0 Å². The van der Waals surface area contributed by atoms with Crippen molar-refractivity contribution in [3.63, 3.8) is 0 Å². The second-order valence-electron chi connectivity index (χ2n) is 8.41. The monoisotopic (exact) mass is 452 g/mol. The van der Waals surface area contributed by atoms with Gasteiger partial charge in [0, 0.05) is 24.9 Å². The van der Waals surface area contributed by atoms with Gasteiger partial charge in [0.25, 0.3) is 0 Å². The molecule has 7 heteroatoms. The van der Waals surface area contributed by atoms with Crippen LogP contribution < -0.4 is 10.6 Å². The number of carbonyl (C=O) groups excluding carboxylic acids is 2. The molecule has 0 radical (unpaired) electrons. The van der Waals surface area contributed by atoms with Gasteiger partial charge in [-0.3, -0.25) is 9.59 Å². The zero-order chi connectivity index (χ0) is 23.8. The van der Waals surface area contributed by atoms with E-state index in [9.17, 15) is 19.5 Å². The molecule has 2 aromatic rings. The summed E-state index contributed by atoms with van der Waals surface area (Å²) in [5.41, 5.74) is 4.59. The second kappa shape index (κ2) is 11.5. The number of carbonyl (C=O) groups is 3. The zero-order valence-electron chi connectivity index (χ0n) is 19.2. The number of benzene rings is 2. The van der Waals surface area contributed by atoms with Gasteiger partial charge in [-0.1, -0.05) is 68.8 Å². The summed E-state index contributed by atoms with van der Waals surface area (Å²) in [7, 11) is 0. The Morgan fingerprint density at radius 1 is 1.00 bits per heavy atom. The molecule has 33 heavy (non-hydrogen) atoms. The van der Waals surface area contributed by atoms with Gasteiger partial charge in [-0.25, -0.2) is 4.79 Å². The number of nitrogens with one attached hydrogen (secondary N) is 2. The number of alkyl carbamates (subject to hydrolysis) is 1. The highest BCUT2D eigenvalue weighted by molar-refractivity contribution is 5.80. The lowest BCUT2D eigenvalue weighted by Crippen LogP contribution is -2.41. The molecule has 0 spiro atoms. The van der Waals surface area contributed by atoms with Gasteiger partial charge in [-0.15, -0.1) is 0 Å². The molecule has 3 N–H and O–H groups in total. The van der Waals surface area contributed by atoms with E-state index in [1.807, 2.05) is 38.1 Å². The Kier molecular flexibility index (Phi) is 8.46. The van der Waals surface area contributed by atoms with Gasteiger partial charge in [0.15, 0.2) is 0 Å². The van der Waals surface area contributed by atoms with Crippen molar-refractivity contribution in [1.29, 1.82) is 0 Å². The van der Waals surface area contributed by atoms with Crippen LogP contribution in [0.1, 0.15) is 56.6 Å². The number of amides is 2. The number of aliphatic carboxylic acids is 1. The first-order valence-electron chi connectivity index (χ1n) is 11.6. The van der Waals surface area contributed by atoms with Crippen molar-refractivity contribution in [1.82, 2.24) is 10.6 Å². The topological polar surface area (TPSA) is 105 Å². The molecular weight excluding hydrogens is 420 g/mol. The number of hydrogen-bond acceptors (Lipinski definition) is 4. The van der Waals surface area contributed by atoms with Gasteiger partial charge in [0.05, 0.1) is 5.92 Å². The molecule has 0 bridgehead atoms. The SMILES string of the molecule is CCCC(CNC(=O)C[C@@H](CC)NC(=O)OCC1c2ccccc2-c2ccccc21)C(=O)O. The molecule has 7 nitrogen and oxygen atoms in total. The average Bonchev–Trinajstić information content (AvgIpc) is 3.13. The van der Waals surface area contributed by atoms with E-state index >= 15 is 0 Å². The van der Waals surface area contributed by atoms with Crippen molar-refractivity contribution in [3.05, 3.63) is 59.7 Å². The van der Waals surface area contributed by atoms with Crippen LogP contribution in [0.4, 0.5) is 4.79 Å². The highest BCUT2D eigenvalue weighted by atomic mass is 16.5. The first kappa shape index (κ1) is 24.3. The summed E-state index contributed by atoms with van der Waals surface area (Å²) in [5, 5.41) is 14.7. The molecule has 0 heterocycles. The van der Waals surface area contributed by atoms with Crippen molar-refractivity contribution >= 4 is 18.0 Å². The number of hydrogen-bond donors (Lipinski definition) is 3. The van der Waals surface area contributed by atoms with Crippen LogP contribution in [0.25, 0.3) is 11.1 Å². The maximum Gasteiger partial charge on any atom is 0.407 e. The van der Waals surface area contributed by atoms with Crippen molar-refractivity contribution < 1.29 is 24.2 Å². The van der Waals surface area contributed by atoms with E-state index in [4.69, 9.17) is 4.74 Å². The van der Waals surface area contributed by atoms with Gasteiger partial charge < -0.3 is 20.5 Å². The van der Waals surface area contributed by atoms with Gasteiger partial charge in [0.1, 0.15) is 6.61 Å². The van der Waals surface area contributed by atoms with Crippen LogP contribution in [0, 0.1) is 5.92 Å². The minimum Gasteiger partial charge on any atom is -0.481 e. The maximum atomic E-state index is 12.5. The zero-order valence-corrected chi connectivity index (χ0v) is 19.2. The summed E-state index contributed by atoms with van der Waals surface area (Å²) in [6.07, 6.45) is 1.29.